The zero-order valence-corrected chi connectivity index (χ0v) is 13.2. The van der Waals surface area contributed by atoms with Crippen molar-refractivity contribution in [2.24, 2.45) is 0 Å². The number of benzene rings is 1. The van der Waals surface area contributed by atoms with Crippen LogP contribution in [0.1, 0.15) is 19.8 Å². The zero-order valence-electron chi connectivity index (χ0n) is 10.8. The first-order valence-electron chi connectivity index (χ1n) is 6.11. The molecule has 1 aromatic rings. The van der Waals surface area contributed by atoms with Crippen LogP contribution in [-0.4, -0.2) is 34.1 Å². The van der Waals surface area contributed by atoms with Crippen LogP contribution in [0.4, 0.5) is 10.5 Å². The first kappa shape index (κ1) is 15.1. The number of rotatable bonds is 2. The molecule has 0 spiro atoms. The number of halogens is 2. The highest BCUT2D eigenvalue weighted by atomic mass is 79.9. The van der Waals surface area contributed by atoms with Crippen LogP contribution in [0.3, 0.4) is 0 Å². The maximum Gasteiger partial charge on any atom is 0.329 e. The molecule has 0 aliphatic carbocycles. The number of anilines is 1. The first-order valence-corrected chi connectivity index (χ1v) is 7.29. The van der Waals surface area contributed by atoms with E-state index in [9.17, 15) is 14.7 Å². The van der Waals surface area contributed by atoms with Crippen LogP contribution in [0.5, 0.6) is 0 Å². The van der Waals surface area contributed by atoms with Crippen molar-refractivity contribution in [1.29, 1.82) is 0 Å². The van der Waals surface area contributed by atoms with E-state index >= 15 is 0 Å². The molecule has 1 saturated heterocycles. The van der Waals surface area contributed by atoms with E-state index in [0.717, 1.165) is 4.47 Å². The number of carbonyl (C=O) groups is 2. The summed E-state index contributed by atoms with van der Waals surface area (Å²) in [4.78, 5) is 24.9. The van der Waals surface area contributed by atoms with Crippen molar-refractivity contribution >= 4 is 45.2 Å². The minimum Gasteiger partial charge on any atom is -0.480 e. The molecular weight excluding hydrogens is 348 g/mol. The van der Waals surface area contributed by atoms with Crippen LogP contribution in [0.25, 0.3) is 0 Å². The molecule has 0 bridgehead atoms. The molecule has 0 saturated carbocycles. The lowest BCUT2D eigenvalue weighted by molar-refractivity contribution is -0.146. The summed E-state index contributed by atoms with van der Waals surface area (Å²) in [7, 11) is 0. The molecule has 20 heavy (non-hydrogen) atoms. The van der Waals surface area contributed by atoms with Crippen LogP contribution >= 0.6 is 27.5 Å². The Kier molecular flexibility index (Phi) is 4.25. The van der Waals surface area contributed by atoms with Crippen LogP contribution < -0.4 is 5.32 Å². The minimum absolute atomic E-state index is 0.393. The van der Waals surface area contributed by atoms with Gasteiger partial charge in [-0.3, -0.25) is 0 Å². The Morgan fingerprint density at radius 3 is 2.80 bits per heavy atom. The largest absolute Gasteiger partial charge is 0.480 e. The van der Waals surface area contributed by atoms with E-state index in [1.807, 2.05) is 0 Å². The van der Waals surface area contributed by atoms with E-state index in [4.69, 9.17) is 11.6 Å². The molecule has 1 heterocycles. The van der Waals surface area contributed by atoms with Crippen molar-refractivity contribution in [3.8, 4) is 0 Å². The number of carboxylic acids is 1. The lowest BCUT2D eigenvalue weighted by Gasteiger charge is -2.31. The van der Waals surface area contributed by atoms with Crippen molar-refractivity contribution in [2.45, 2.75) is 25.3 Å². The summed E-state index contributed by atoms with van der Waals surface area (Å²) in [5.74, 6) is -0.993. The molecular formula is C13H14BrClN2O3. The maximum atomic E-state index is 12.3. The van der Waals surface area contributed by atoms with Crippen LogP contribution in [0, 0.1) is 0 Å². The van der Waals surface area contributed by atoms with E-state index in [0.29, 0.717) is 30.1 Å². The van der Waals surface area contributed by atoms with Gasteiger partial charge in [-0.15, -0.1) is 0 Å². The molecule has 2 N–H and O–H groups in total. The van der Waals surface area contributed by atoms with Crippen LogP contribution in [0.15, 0.2) is 22.7 Å². The van der Waals surface area contributed by atoms with E-state index in [-0.39, 0.29) is 0 Å². The second-order valence-corrected chi connectivity index (χ2v) is 6.21. The molecule has 1 aromatic carbocycles. The van der Waals surface area contributed by atoms with Crippen LogP contribution in [-0.2, 0) is 4.79 Å². The highest BCUT2D eigenvalue weighted by Gasteiger charge is 2.46. The summed E-state index contributed by atoms with van der Waals surface area (Å²) in [5, 5.41) is 12.3. The topological polar surface area (TPSA) is 69.6 Å². The Hall–Kier alpha value is -1.27. The third-order valence-electron chi connectivity index (χ3n) is 3.52. The second-order valence-electron chi connectivity index (χ2n) is 4.89. The molecule has 108 valence electrons. The highest BCUT2D eigenvalue weighted by Crippen LogP contribution is 2.31. The summed E-state index contributed by atoms with van der Waals surface area (Å²) in [6, 6.07) is 4.63. The van der Waals surface area contributed by atoms with Crippen molar-refractivity contribution in [3.05, 3.63) is 27.7 Å². The Balaban J connectivity index is 2.18. The molecule has 1 atom stereocenters. The fourth-order valence-corrected chi connectivity index (χ4v) is 3.01. The summed E-state index contributed by atoms with van der Waals surface area (Å²) in [5.41, 5.74) is -0.703. The summed E-state index contributed by atoms with van der Waals surface area (Å²) in [6.07, 6.45) is 1.12. The van der Waals surface area contributed by atoms with Gasteiger partial charge in [-0.1, -0.05) is 27.5 Å². The lowest BCUT2D eigenvalue weighted by Crippen LogP contribution is -2.52. The van der Waals surface area contributed by atoms with Gasteiger partial charge in [0.15, 0.2) is 0 Å². The van der Waals surface area contributed by atoms with E-state index in [1.165, 1.54) is 4.90 Å². The first-order chi connectivity index (χ1) is 9.34. The molecule has 0 radical (unpaired) electrons. The molecule has 7 heteroatoms. The predicted molar refractivity (Wildman–Crippen MR) is 80.2 cm³/mol. The number of hydrogen-bond acceptors (Lipinski definition) is 2. The predicted octanol–water partition coefficient (Wildman–Crippen LogP) is 3.57. The van der Waals surface area contributed by atoms with Gasteiger partial charge >= 0.3 is 12.0 Å². The molecule has 1 aliphatic rings. The SMILES string of the molecule is CC1(C(=O)O)CCCN1C(=O)Nc1ccc(Br)cc1Cl. The fraction of sp³-hybridized carbons (Fsp3) is 0.385. The summed E-state index contributed by atoms with van der Waals surface area (Å²) in [6.45, 7) is 1.98. The Morgan fingerprint density at radius 1 is 1.50 bits per heavy atom. The monoisotopic (exact) mass is 360 g/mol. The molecule has 1 fully saturated rings. The van der Waals surface area contributed by atoms with Crippen molar-refractivity contribution < 1.29 is 14.7 Å². The van der Waals surface area contributed by atoms with Crippen molar-refractivity contribution in [1.82, 2.24) is 4.90 Å². The molecule has 2 rings (SSSR count). The standard InChI is InChI=1S/C13H14BrClN2O3/c1-13(11(18)19)5-2-6-17(13)12(20)16-10-4-3-8(14)7-9(10)15/h3-4,7H,2,5-6H2,1H3,(H,16,20)(H,18,19). The molecule has 5 nitrogen and oxygen atoms in total. The Labute approximate surface area is 130 Å². The Morgan fingerprint density at radius 2 is 2.20 bits per heavy atom. The zero-order chi connectivity index (χ0) is 14.9. The molecule has 1 aliphatic heterocycles. The number of carbonyl (C=O) groups excluding carboxylic acids is 1. The average molecular weight is 362 g/mol. The number of nitrogens with one attached hydrogen (secondary N) is 1. The van der Waals surface area contributed by atoms with Gasteiger partial charge in [0.05, 0.1) is 10.7 Å². The number of amides is 2. The fourth-order valence-electron chi connectivity index (χ4n) is 2.28. The number of urea groups is 1. The van der Waals surface area contributed by atoms with E-state index in [1.54, 1.807) is 25.1 Å². The number of hydrogen-bond donors (Lipinski definition) is 2. The van der Waals surface area contributed by atoms with Gasteiger partial charge in [0.2, 0.25) is 0 Å². The minimum atomic E-state index is -1.16. The van der Waals surface area contributed by atoms with E-state index in [2.05, 4.69) is 21.2 Å². The Bertz CT molecular complexity index is 567. The highest BCUT2D eigenvalue weighted by molar-refractivity contribution is 9.10. The third-order valence-corrected chi connectivity index (χ3v) is 4.33. The smallest absolute Gasteiger partial charge is 0.329 e. The second kappa shape index (κ2) is 5.61. The summed E-state index contributed by atoms with van der Waals surface area (Å²) < 4.78 is 0.803. The van der Waals surface area contributed by atoms with Gasteiger partial charge in [-0.25, -0.2) is 9.59 Å². The quantitative estimate of drug-likeness (QED) is 0.846. The maximum absolute atomic E-state index is 12.3. The van der Waals surface area contributed by atoms with Gasteiger partial charge in [-0.05, 0) is 38.0 Å². The summed E-state index contributed by atoms with van der Waals surface area (Å²) >= 11 is 9.31. The number of aliphatic carboxylic acids is 1. The number of carboxylic acid groups (broad SMARTS) is 1. The number of nitrogens with zero attached hydrogens (tertiary/aromatic N) is 1. The van der Waals surface area contributed by atoms with E-state index < -0.39 is 17.5 Å². The normalized spacial score (nSPS) is 21.9. The van der Waals surface area contributed by atoms with Gasteiger partial charge in [0.25, 0.3) is 0 Å². The van der Waals surface area contributed by atoms with Crippen molar-refractivity contribution in [3.63, 3.8) is 0 Å². The average Bonchev–Trinajstić information content (AvgIpc) is 2.76. The van der Waals surface area contributed by atoms with Crippen LogP contribution in [0.2, 0.25) is 5.02 Å². The van der Waals surface area contributed by atoms with Gasteiger partial charge in [0.1, 0.15) is 5.54 Å². The third kappa shape index (κ3) is 2.76. The van der Waals surface area contributed by atoms with Gasteiger partial charge in [-0.2, -0.15) is 0 Å². The molecule has 0 aromatic heterocycles. The lowest BCUT2D eigenvalue weighted by atomic mass is 10.00. The molecule has 1 unspecified atom stereocenters. The molecule has 2 amide bonds. The number of likely N-dealkylation sites (tertiary alicyclic amines) is 1. The van der Waals surface area contributed by atoms with Gasteiger partial charge in [0, 0.05) is 11.0 Å². The van der Waals surface area contributed by atoms with Gasteiger partial charge < -0.3 is 15.3 Å². The van der Waals surface area contributed by atoms with Crippen molar-refractivity contribution in [2.75, 3.05) is 11.9 Å².